The molecule has 138 valence electrons. The standard InChI is InChI=1S/C23H35NO/c1-2-3-4-5-9-15-23(25)20-16-21-13-10-14-22(17-20)24(21)18-19-11-7-6-8-12-19/h6-8,11-12,20-22H,2-5,9-10,13-18H2,1H3. The second-order valence-electron chi connectivity index (χ2n) is 8.20. The fraction of sp³-hybridized carbons (Fsp3) is 0.696. The molecule has 0 radical (unpaired) electrons. The Morgan fingerprint density at radius 2 is 1.68 bits per heavy atom. The van der Waals surface area contributed by atoms with Crippen LogP contribution in [0.1, 0.15) is 83.1 Å². The van der Waals surface area contributed by atoms with Crippen LogP contribution in [0, 0.1) is 5.92 Å². The molecule has 1 aromatic carbocycles. The second-order valence-corrected chi connectivity index (χ2v) is 8.20. The molecule has 2 aliphatic heterocycles. The van der Waals surface area contributed by atoms with E-state index < -0.39 is 0 Å². The molecule has 0 spiro atoms. The summed E-state index contributed by atoms with van der Waals surface area (Å²) >= 11 is 0. The lowest BCUT2D eigenvalue weighted by atomic mass is 9.76. The zero-order valence-corrected chi connectivity index (χ0v) is 16.0. The number of carbonyl (C=O) groups excluding carboxylic acids is 1. The van der Waals surface area contributed by atoms with Crippen molar-refractivity contribution >= 4 is 5.78 Å². The van der Waals surface area contributed by atoms with Gasteiger partial charge in [0.1, 0.15) is 5.78 Å². The average Bonchev–Trinajstić information content (AvgIpc) is 2.62. The Balaban J connectivity index is 1.51. The van der Waals surface area contributed by atoms with Gasteiger partial charge in [0.15, 0.2) is 0 Å². The molecule has 2 saturated heterocycles. The molecule has 2 atom stereocenters. The SMILES string of the molecule is CCCCCCCC(=O)C1CC2CCCC(C1)N2Cc1ccccc1. The molecule has 25 heavy (non-hydrogen) atoms. The van der Waals surface area contributed by atoms with E-state index in [1.807, 2.05) is 0 Å². The van der Waals surface area contributed by atoms with Crippen molar-refractivity contribution in [2.45, 2.75) is 96.2 Å². The van der Waals surface area contributed by atoms with E-state index in [0.29, 0.717) is 23.8 Å². The summed E-state index contributed by atoms with van der Waals surface area (Å²) in [5, 5.41) is 0. The number of ketones is 1. The number of fused-ring (bicyclic) bond motifs is 2. The van der Waals surface area contributed by atoms with E-state index in [2.05, 4.69) is 42.2 Å². The van der Waals surface area contributed by atoms with Crippen LogP contribution in [0.3, 0.4) is 0 Å². The first-order valence-electron chi connectivity index (χ1n) is 10.6. The van der Waals surface area contributed by atoms with Gasteiger partial charge in [-0.25, -0.2) is 0 Å². The smallest absolute Gasteiger partial charge is 0.136 e. The summed E-state index contributed by atoms with van der Waals surface area (Å²) < 4.78 is 0. The molecule has 0 aromatic heterocycles. The number of hydrogen-bond acceptors (Lipinski definition) is 2. The molecule has 1 aromatic rings. The Labute approximate surface area is 154 Å². The Morgan fingerprint density at radius 1 is 1.00 bits per heavy atom. The molecule has 0 saturated carbocycles. The third kappa shape index (κ3) is 5.17. The number of hydrogen-bond donors (Lipinski definition) is 0. The van der Waals surface area contributed by atoms with Crippen LogP contribution in [0.15, 0.2) is 30.3 Å². The fourth-order valence-corrected chi connectivity index (χ4v) is 4.90. The molecule has 0 N–H and O–H groups in total. The second kappa shape index (κ2) is 9.52. The van der Waals surface area contributed by atoms with Gasteiger partial charge in [0.05, 0.1) is 0 Å². The van der Waals surface area contributed by atoms with Crippen molar-refractivity contribution in [2.75, 3.05) is 0 Å². The summed E-state index contributed by atoms with van der Waals surface area (Å²) in [5.41, 5.74) is 1.42. The predicted octanol–water partition coefficient (Wildman–Crippen LogP) is 5.75. The zero-order valence-electron chi connectivity index (χ0n) is 16.0. The van der Waals surface area contributed by atoms with Gasteiger partial charge in [-0.1, -0.05) is 69.4 Å². The highest BCUT2D eigenvalue weighted by Gasteiger charge is 2.40. The Morgan fingerprint density at radius 3 is 2.36 bits per heavy atom. The van der Waals surface area contributed by atoms with E-state index in [-0.39, 0.29) is 0 Å². The van der Waals surface area contributed by atoms with Crippen molar-refractivity contribution < 1.29 is 4.79 Å². The lowest BCUT2D eigenvalue weighted by Crippen LogP contribution is -2.52. The van der Waals surface area contributed by atoms with Crippen molar-refractivity contribution in [1.82, 2.24) is 4.90 Å². The molecule has 3 rings (SSSR count). The Bertz CT molecular complexity index is 512. The van der Waals surface area contributed by atoms with Gasteiger partial charge in [-0.3, -0.25) is 9.69 Å². The van der Waals surface area contributed by atoms with Crippen molar-refractivity contribution in [2.24, 2.45) is 5.92 Å². The zero-order chi connectivity index (χ0) is 17.5. The topological polar surface area (TPSA) is 20.3 Å². The minimum absolute atomic E-state index is 0.341. The van der Waals surface area contributed by atoms with Crippen LogP contribution in [0.25, 0.3) is 0 Å². The highest BCUT2D eigenvalue weighted by molar-refractivity contribution is 5.81. The van der Waals surface area contributed by atoms with Gasteiger partial charge >= 0.3 is 0 Å². The molecular weight excluding hydrogens is 306 g/mol. The molecule has 2 fully saturated rings. The van der Waals surface area contributed by atoms with E-state index in [0.717, 1.165) is 32.2 Å². The third-order valence-corrected chi connectivity index (χ3v) is 6.32. The molecular formula is C23H35NO. The highest BCUT2D eigenvalue weighted by Crippen LogP contribution is 2.38. The summed E-state index contributed by atoms with van der Waals surface area (Å²) in [6.45, 7) is 3.31. The molecule has 2 unspecified atom stereocenters. The minimum atomic E-state index is 0.341. The first-order valence-corrected chi connectivity index (χ1v) is 10.6. The molecule has 0 aliphatic carbocycles. The van der Waals surface area contributed by atoms with Crippen molar-refractivity contribution in [1.29, 1.82) is 0 Å². The van der Waals surface area contributed by atoms with Crippen LogP contribution in [-0.4, -0.2) is 22.8 Å². The van der Waals surface area contributed by atoms with Crippen molar-refractivity contribution in [3.05, 3.63) is 35.9 Å². The normalized spacial score (nSPS) is 26.5. The first-order chi connectivity index (χ1) is 12.3. The van der Waals surface area contributed by atoms with Crippen LogP contribution in [-0.2, 0) is 11.3 Å². The third-order valence-electron chi connectivity index (χ3n) is 6.32. The summed E-state index contributed by atoms with van der Waals surface area (Å²) in [6.07, 6.45) is 13.2. The lowest BCUT2D eigenvalue weighted by Gasteiger charge is -2.48. The van der Waals surface area contributed by atoms with E-state index in [9.17, 15) is 4.79 Å². The first kappa shape index (κ1) is 18.6. The van der Waals surface area contributed by atoms with E-state index >= 15 is 0 Å². The van der Waals surface area contributed by atoms with Gasteiger partial charge < -0.3 is 0 Å². The quantitative estimate of drug-likeness (QED) is 0.533. The Hall–Kier alpha value is -1.15. The molecule has 2 nitrogen and oxygen atoms in total. The number of unbranched alkanes of at least 4 members (excludes halogenated alkanes) is 4. The minimum Gasteiger partial charge on any atom is -0.299 e. The van der Waals surface area contributed by atoms with Gasteiger partial charge in [0.2, 0.25) is 0 Å². The maximum atomic E-state index is 12.7. The van der Waals surface area contributed by atoms with Gasteiger partial charge in [-0.2, -0.15) is 0 Å². The number of carbonyl (C=O) groups is 1. The number of rotatable bonds is 9. The number of Topliss-reactive ketones (excluding diaryl/α,β-unsaturated/α-hetero) is 1. The number of nitrogens with zero attached hydrogens (tertiary/aromatic N) is 1. The van der Waals surface area contributed by atoms with Crippen LogP contribution in [0.5, 0.6) is 0 Å². The Kier molecular flexibility index (Phi) is 7.10. The van der Waals surface area contributed by atoms with E-state index in [1.165, 1.54) is 50.5 Å². The molecule has 2 aliphatic rings. The van der Waals surface area contributed by atoms with E-state index in [4.69, 9.17) is 0 Å². The van der Waals surface area contributed by atoms with Gasteiger partial charge in [-0.05, 0) is 37.7 Å². The number of piperidine rings is 2. The highest BCUT2D eigenvalue weighted by atomic mass is 16.1. The van der Waals surface area contributed by atoms with Gasteiger partial charge in [0.25, 0.3) is 0 Å². The van der Waals surface area contributed by atoms with Crippen LogP contribution < -0.4 is 0 Å². The molecule has 0 amide bonds. The maximum absolute atomic E-state index is 12.7. The van der Waals surface area contributed by atoms with E-state index in [1.54, 1.807) is 0 Å². The summed E-state index contributed by atoms with van der Waals surface area (Å²) in [4.78, 5) is 15.4. The summed E-state index contributed by atoms with van der Waals surface area (Å²) in [6, 6.07) is 12.1. The molecule has 2 heteroatoms. The van der Waals surface area contributed by atoms with Crippen LogP contribution in [0.4, 0.5) is 0 Å². The van der Waals surface area contributed by atoms with Crippen molar-refractivity contribution in [3.8, 4) is 0 Å². The summed E-state index contributed by atoms with van der Waals surface area (Å²) in [5.74, 6) is 0.904. The monoisotopic (exact) mass is 341 g/mol. The molecule has 2 bridgehead atoms. The fourth-order valence-electron chi connectivity index (χ4n) is 4.90. The van der Waals surface area contributed by atoms with Gasteiger partial charge in [-0.15, -0.1) is 0 Å². The van der Waals surface area contributed by atoms with Crippen molar-refractivity contribution in [3.63, 3.8) is 0 Å². The van der Waals surface area contributed by atoms with Crippen LogP contribution in [0.2, 0.25) is 0 Å². The number of benzene rings is 1. The molecule has 2 heterocycles. The van der Waals surface area contributed by atoms with Gasteiger partial charge in [0, 0.05) is 31.0 Å². The largest absolute Gasteiger partial charge is 0.299 e. The summed E-state index contributed by atoms with van der Waals surface area (Å²) in [7, 11) is 0. The predicted molar refractivity (Wildman–Crippen MR) is 105 cm³/mol. The maximum Gasteiger partial charge on any atom is 0.136 e. The lowest BCUT2D eigenvalue weighted by molar-refractivity contribution is -0.127. The van der Waals surface area contributed by atoms with Crippen LogP contribution >= 0.6 is 0 Å². The average molecular weight is 342 g/mol.